The molecule has 4 heterocycles. The van der Waals surface area contributed by atoms with E-state index in [0.717, 1.165) is 40.6 Å². The van der Waals surface area contributed by atoms with Crippen molar-refractivity contribution in [3.63, 3.8) is 0 Å². The number of nitrogens with two attached hydrogens (primary N) is 1. The molecule has 3 aliphatic rings. The Kier molecular flexibility index (Phi) is 10.3. The first-order chi connectivity index (χ1) is 23.7. The topological polar surface area (TPSA) is 145 Å². The van der Waals surface area contributed by atoms with Crippen molar-refractivity contribution in [1.82, 2.24) is 25.0 Å². The third-order valence-corrected chi connectivity index (χ3v) is 10.7. The van der Waals surface area contributed by atoms with Crippen molar-refractivity contribution in [2.24, 2.45) is 15.8 Å². The molecule has 2 aromatic carbocycles. The number of ether oxygens (including phenoxy) is 1. The largest absolute Gasteiger partial charge is 0.481 e. The second-order valence-corrected chi connectivity index (χ2v) is 13.8. The minimum Gasteiger partial charge on any atom is -0.481 e. The van der Waals surface area contributed by atoms with Crippen LogP contribution in [0.4, 0.5) is 5.69 Å². The lowest BCUT2D eigenvalue weighted by Crippen LogP contribution is -2.45. The Morgan fingerprint density at radius 3 is 2.73 bits per heavy atom. The first-order valence-corrected chi connectivity index (χ1v) is 17.5. The first kappa shape index (κ1) is 34.2. The van der Waals surface area contributed by atoms with Gasteiger partial charge in [0.25, 0.3) is 0 Å². The van der Waals surface area contributed by atoms with Gasteiger partial charge in [-0.05, 0) is 66.5 Å². The summed E-state index contributed by atoms with van der Waals surface area (Å²) in [6.07, 6.45) is 11.6. The Labute approximate surface area is 290 Å². The van der Waals surface area contributed by atoms with Crippen molar-refractivity contribution in [2.75, 3.05) is 58.5 Å². The molecule has 0 aliphatic carbocycles. The number of likely N-dealkylation sites (tertiary alicyclic amines) is 1. The van der Waals surface area contributed by atoms with Crippen LogP contribution in [-0.2, 0) is 14.3 Å². The fourth-order valence-corrected chi connectivity index (χ4v) is 7.31. The monoisotopic (exact) mass is 681 g/mol. The van der Waals surface area contributed by atoms with Crippen LogP contribution in [-0.4, -0.2) is 107 Å². The number of amides is 2. The molecule has 1 saturated heterocycles. The van der Waals surface area contributed by atoms with Crippen LogP contribution < -0.4 is 11.2 Å². The second-order valence-electron chi connectivity index (χ2n) is 12.6. The summed E-state index contributed by atoms with van der Waals surface area (Å²) >= 11 is 1.55. The molecule has 49 heavy (non-hydrogen) atoms. The number of allylic oxidation sites excluding steroid dienone is 1. The summed E-state index contributed by atoms with van der Waals surface area (Å²) in [5, 5.41) is 13.1. The Bertz CT molecular complexity index is 1850. The molecular formula is C36H43N9O3S. The number of nitrogens with zero attached hydrogens (tertiary/aromatic N) is 6. The minimum absolute atomic E-state index is 0.0397. The Morgan fingerprint density at radius 2 is 2.06 bits per heavy atom. The van der Waals surface area contributed by atoms with Crippen molar-refractivity contribution in [3.8, 4) is 0 Å². The lowest BCUT2D eigenvalue weighted by molar-refractivity contribution is -0.132. The van der Waals surface area contributed by atoms with Gasteiger partial charge in [-0.3, -0.25) is 19.6 Å². The van der Waals surface area contributed by atoms with Gasteiger partial charge in [0.1, 0.15) is 11.1 Å². The number of anilines is 1. The molecule has 2 amide bonds. The molecule has 3 aromatic rings. The number of thioether (sulfide) groups is 1. The molecule has 256 valence electrons. The van der Waals surface area contributed by atoms with Gasteiger partial charge in [-0.1, -0.05) is 36.9 Å². The highest BCUT2D eigenvalue weighted by Crippen LogP contribution is 2.36. The molecular weight excluding hydrogens is 639 g/mol. The number of methoxy groups -OCH3 is 1. The zero-order valence-corrected chi connectivity index (χ0v) is 29.0. The number of aromatic amines is 1. The summed E-state index contributed by atoms with van der Waals surface area (Å²) in [7, 11) is 3.31. The number of benzene rings is 2. The number of H-pyrrole nitrogens is 1. The predicted octanol–water partition coefficient (Wildman–Crippen LogP) is 4.48. The highest BCUT2D eigenvalue weighted by molar-refractivity contribution is 8.00. The number of fused-ring (bicyclic) bond motifs is 1. The summed E-state index contributed by atoms with van der Waals surface area (Å²) in [6, 6.07) is 13.9. The summed E-state index contributed by atoms with van der Waals surface area (Å²) in [5.74, 6) is 6.27. The van der Waals surface area contributed by atoms with Crippen LogP contribution in [0.1, 0.15) is 42.0 Å². The van der Waals surface area contributed by atoms with Crippen LogP contribution in [0.25, 0.3) is 22.2 Å². The van der Waals surface area contributed by atoms with Gasteiger partial charge in [-0.25, -0.2) is 15.8 Å². The van der Waals surface area contributed by atoms with Crippen molar-refractivity contribution >= 4 is 64.0 Å². The molecule has 13 heteroatoms. The Balaban J connectivity index is 1.03. The van der Waals surface area contributed by atoms with E-state index in [0.29, 0.717) is 56.4 Å². The standard InChI is InChI=1S/C36H43N9O3S/c1-24(39-23-43(2)37)25-5-7-26(8-6-25)27-13-16-45(17-14-27)33(46)21-44-18-15-36(22-44,49-4)35(47)40-29-10-11-31-30(19-29)34(42-41-31)28-9-12-32(48-3)38-20-28/h5-8,10-13,19-20,23,28H,1,9,14-18,21-22,37H2,2-4H3,(H,40,47)(H,41,42)/t28?,36-/m0/s1. The molecule has 0 radical (unpaired) electrons. The van der Waals surface area contributed by atoms with E-state index in [9.17, 15) is 9.59 Å². The molecule has 3 aliphatic heterocycles. The van der Waals surface area contributed by atoms with Crippen LogP contribution >= 0.6 is 11.8 Å². The summed E-state index contributed by atoms with van der Waals surface area (Å²) in [5.41, 5.74) is 6.40. The zero-order valence-electron chi connectivity index (χ0n) is 28.2. The molecule has 12 nitrogen and oxygen atoms in total. The lowest BCUT2D eigenvalue weighted by Gasteiger charge is -2.29. The fraction of sp³-hybridized carbons (Fsp3) is 0.361. The molecule has 0 bridgehead atoms. The van der Waals surface area contributed by atoms with E-state index < -0.39 is 4.75 Å². The van der Waals surface area contributed by atoms with Gasteiger partial charge in [0.2, 0.25) is 17.7 Å². The van der Waals surface area contributed by atoms with Crippen LogP contribution in [0.2, 0.25) is 0 Å². The first-order valence-electron chi connectivity index (χ1n) is 16.3. The highest BCUT2D eigenvalue weighted by atomic mass is 32.2. The van der Waals surface area contributed by atoms with E-state index >= 15 is 0 Å². The molecule has 1 aromatic heterocycles. The average molecular weight is 682 g/mol. The van der Waals surface area contributed by atoms with Crippen molar-refractivity contribution in [1.29, 1.82) is 0 Å². The molecule has 1 fully saturated rings. The van der Waals surface area contributed by atoms with E-state index in [1.54, 1.807) is 25.9 Å². The van der Waals surface area contributed by atoms with Gasteiger partial charge < -0.3 is 20.0 Å². The molecule has 0 saturated carbocycles. The number of aliphatic imine (C=N–C) groups is 2. The van der Waals surface area contributed by atoms with Crippen molar-refractivity contribution in [3.05, 3.63) is 83.9 Å². The van der Waals surface area contributed by atoms with E-state index in [2.05, 4.69) is 55.2 Å². The SMILES string of the molecule is C=C(N=CN(C)N)c1ccc(C2=CCN(C(=O)CN3CC[C@@](SC)(C(=O)Nc4ccc5n[nH]c(C6C=NC(OC)=CC6)c5c4)C3)CC2)cc1. The van der Waals surface area contributed by atoms with E-state index in [-0.39, 0.29) is 17.7 Å². The van der Waals surface area contributed by atoms with E-state index in [1.165, 1.54) is 16.9 Å². The molecule has 1 unspecified atom stereocenters. The van der Waals surface area contributed by atoms with Crippen molar-refractivity contribution < 1.29 is 14.3 Å². The summed E-state index contributed by atoms with van der Waals surface area (Å²) in [6.45, 7) is 6.71. The van der Waals surface area contributed by atoms with Gasteiger partial charge in [0.15, 0.2) is 0 Å². The summed E-state index contributed by atoms with van der Waals surface area (Å²) in [4.78, 5) is 39.8. The summed E-state index contributed by atoms with van der Waals surface area (Å²) < 4.78 is 4.58. The third kappa shape index (κ3) is 7.64. The van der Waals surface area contributed by atoms with Gasteiger partial charge >= 0.3 is 0 Å². The van der Waals surface area contributed by atoms with E-state index in [4.69, 9.17) is 10.6 Å². The minimum atomic E-state index is -0.649. The van der Waals surface area contributed by atoms with Gasteiger partial charge in [-0.15, -0.1) is 11.8 Å². The zero-order chi connectivity index (χ0) is 34.5. The van der Waals surface area contributed by atoms with Crippen LogP contribution in [0.3, 0.4) is 0 Å². The molecule has 2 atom stereocenters. The third-order valence-electron chi connectivity index (χ3n) is 9.37. The Morgan fingerprint density at radius 1 is 1.24 bits per heavy atom. The maximum atomic E-state index is 13.8. The number of hydrogen-bond acceptors (Lipinski definition) is 9. The lowest BCUT2D eigenvalue weighted by atomic mass is 9.98. The molecule has 0 spiro atoms. The number of rotatable bonds is 11. The maximum Gasteiger partial charge on any atom is 0.241 e. The molecule has 4 N–H and O–H groups in total. The number of hydrazine groups is 1. The number of carbonyl (C=O) groups excluding carboxylic acids is 2. The van der Waals surface area contributed by atoms with E-state index in [1.807, 2.05) is 53.8 Å². The van der Waals surface area contributed by atoms with Crippen LogP contribution in [0.5, 0.6) is 0 Å². The van der Waals surface area contributed by atoms with Crippen LogP contribution in [0.15, 0.2) is 77.1 Å². The van der Waals surface area contributed by atoms with Gasteiger partial charge in [0, 0.05) is 56.4 Å². The predicted molar refractivity (Wildman–Crippen MR) is 198 cm³/mol. The average Bonchev–Trinajstić information content (AvgIpc) is 3.75. The Hall–Kier alpha value is -4.72. The second kappa shape index (κ2) is 14.8. The highest BCUT2D eigenvalue weighted by Gasteiger charge is 2.44. The van der Waals surface area contributed by atoms with Gasteiger partial charge in [0.05, 0.1) is 30.6 Å². The number of carbonyl (C=O) groups is 2. The smallest absolute Gasteiger partial charge is 0.241 e. The van der Waals surface area contributed by atoms with Gasteiger partial charge in [-0.2, -0.15) is 5.10 Å². The number of hydrogen-bond donors (Lipinski definition) is 3. The van der Waals surface area contributed by atoms with Crippen molar-refractivity contribution in [2.45, 2.75) is 29.9 Å². The number of aromatic nitrogens is 2. The fourth-order valence-electron chi connectivity index (χ4n) is 6.47. The maximum absolute atomic E-state index is 13.8. The number of nitrogens with one attached hydrogen (secondary N) is 2. The quantitative estimate of drug-likeness (QED) is 0.116. The normalized spacial score (nSPS) is 21.1. The van der Waals surface area contributed by atoms with Crippen LogP contribution in [0, 0.1) is 0 Å². The molecule has 6 rings (SSSR count).